The second-order valence-corrected chi connectivity index (χ2v) is 4.35. The lowest BCUT2D eigenvalue weighted by Gasteiger charge is -2.19. The molecular weight excluding hydrogens is 264 g/mol. The van der Waals surface area contributed by atoms with E-state index in [1.807, 2.05) is 0 Å². The van der Waals surface area contributed by atoms with Crippen molar-refractivity contribution in [3.05, 3.63) is 40.2 Å². The molecule has 0 amide bonds. The van der Waals surface area contributed by atoms with Crippen molar-refractivity contribution in [1.82, 2.24) is 0 Å². The van der Waals surface area contributed by atoms with Gasteiger partial charge in [-0.05, 0) is 25.1 Å². The minimum absolute atomic E-state index is 0.0744. The first-order chi connectivity index (χ1) is 9.45. The topological polar surface area (TPSA) is 97.0 Å². The van der Waals surface area contributed by atoms with Crippen LogP contribution in [0.3, 0.4) is 0 Å². The van der Waals surface area contributed by atoms with Gasteiger partial charge in [0.15, 0.2) is 5.78 Å². The van der Waals surface area contributed by atoms with Crippen LogP contribution in [0, 0.1) is 0 Å². The molecule has 0 aliphatic carbocycles. The fourth-order valence-corrected chi connectivity index (χ4v) is 1.97. The van der Waals surface area contributed by atoms with Crippen molar-refractivity contribution in [3.8, 4) is 5.75 Å². The molecule has 0 spiro atoms. The number of ether oxygens (including phenoxy) is 1. The van der Waals surface area contributed by atoms with E-state index in [-0.39, 0.29) is 16.9 Å². The quantitative estimate of drug-likeness (QED) is 0.802. The summed E-state index contributed by atoms with van der Waals surface area (Å²) in [6, 6.07) is 5.98. The van der Waals surface area contributed by atoms with Gasteiger partial charge < -0.3 is 19.4 Å². The SMILES string of the molecule is COc1ccc2ccc(=O)oc2c1C(O)C(O)C(C)=O. The zero-order chi connectivity index (χ0) is 14.9. The van der Waals surface area contributed by atoms with Crippen LogP contribution in [0.15, 0.2) is 33.5 Å². The molecular formula is C14H14O6. The number of aliphatic hydroxyl groups excluding tert-OH is 2. The third kappa shape index (κ3) is 2.43. The fourth-order valence-electron chi connectivity index (χ4n) is 1.97. The number of fused-ring (bicyclic) bond motifs is 1. The Morgan fingerprint density at radius 3 is 2.50 bits per heavy atom. The summed E-state index contributed by atoms with van der Waals surface area (Å²) < 4.78 is 10.2. The van der Waals surface area contributed by atoms with Gasteiger partial charge in [-0.25, -0.2) is 4.79 Å². The van der Waals surface area contributed by atoms with Gasteiger partial charge in [-0.1, -0.05) is 0 Å². The highest BCUT2D eigenvalue weighted by molar-refractivity contribution is 5.85. The van der Waals surface area contributed by atoms with Crippen LogP contribution in [0.2, 0.25) is 0 Å². The van der Waals surface area contributed by atoms with Crippen LogP contribution in [0.4, 0.5) is 0 Å². The van der Waals surface area contributed by atoms with E-state index in [0.717, 1.165) is 6.92 Å². The molecule has 1 heterocycles. The largest absolute Gasteiger partial charge is 0.496 e. The van der Waals surface area contributed by atoms with Crippen LogP contribution in [0.25, 0.3) is 11.0 Å². The molecule has 2 rings (SSSR count). The molecule has 0 saturated carbocycles. The second kappa shape index (κ2) is 5.44. The maximum atomic E-state index is 11.3. The van der Waals surface area contributed by atoms with Crippen LogP contribution in [0.5, 0.6) is 5.75 Å². The third-order valence-electron chi connectivity index (χ3n) is 3.02. The molecule has 6 heteroatoms. The van der Waals surface area contributed by atoms with Crippen molar-refractivity contribution in [2.24, 2.45) is 0 Å². The first-order valence-electron chi connectivity index (χ1n) is 5.93. The highest BCUT2D eigenvalue weighted by atomic mass is 16.5. The molecule has 0 aliphatic heterocycles. The smallest absolute Gasteiger partial charge is 0.336 e. The van der Waals surface area contributed by atoms with Gasteiger partial charge >= 0.3 is 5.63 Å². The van der Waals surface area contributed by atoms with E-state index in [2.05, 4.69) is 0 Å². The van der Waals surface area contributed by atoms with Crippen LogP contribution >= 0.6 is 0 Å². The maximum Gasteiger partial charge on any atom is 0.336 e. The van der Waals surface area contributed by atoms with Gasteiger partial charge in [-0.3, -0.25) is 4.79 Å². The number of rotatable bonds is 4. The number of aliphatic hydroxyl groups is 2. The average molecular weight is 278 g/mol. The highest BCUT2D eigenvalue weighted by Crippen LogP contribution is 2.34. The highest BCUT2D eigenvalue weighted by Gasteiger charge is 2.28. The van der Waals surface area contributed by atoms with E-state index in [4.69, 9.17) is 9.15 Å². The number of ketones is 1. The van der Waals surface area contributed by atoms with Gasteiger partial charge in [-0.15, -0.1) is 0 Å². The van der Waals surface area contributed by atoms with Gasteiger partial charge in [-0.2, -0.15) is 0 Å². The summed E-state index contributed by atoms with van der Waals surface area (Å²) in [4.78, 5) is 22.6. The Bertz CT molecular complexity index is 702. The van der Waals surface area contributed by atoms with Crippen molar-refractivity contribution in [3.63, 3.8) is 0 Å². The summed E-state index contributed by atoms with van der Waals surface area (Å²) in [6.07, 6.45) is -3.17. The lowest BCUT2D eigenvalue weighted by atomic mass is 9.98. The normalized spacial score (nSPS) is 14.0. The first-order valence-corrected chi connectivity index (χ1v) is 5.93. The molecule has 2 N–H and O–H groups in total. The molecule has 2 aromatic rings. The molecule has 6 nitrogen and oxygen atoms in total. The summed E-state index contributed by atoms with van der Waals surface area (Å²) in [6.45, 7) is 1.15. The summed E-state index contributed by atoms with van der Waals surface area (Å²) in [5.74, 6) is -0.380. The van der Waals surface area contributed by atoms with E-state index in [1.54, 1.807) is 12.1 Å². The van der Waals surface area contributed by atoms with Gasteiger partial charge in [0.1, 0.15) is 23.5 Å². The Hall–Kier alpha value is -2.18. The predicted molar refractivity (Wildman–Crippen MR) is 70.7 cm³/mol. The maximum absolute atomic E-state index is 11.3. The van der Waals surface area contributed by atoms with Gasteiger partial charge in [0.2, 0.25) is 0 Å². The van der Waals surface area contributed by atoms with Crippen molar-refractivity contribution in [2.75, 3.05) is 7.11 Å². The van der Waals surface area contributed by atoms with Crippen molar-refractivity contribution in [2.45, 2.75) is 19.1 Å². The monoisotopic (exact) mass is 278 g/mol. The van der Waals surface area contributed by atoms with Crippen LogP contribution in [0.1, 0.15) is 18.6 Å². The molecule has 0 aliphatic rings. The lowest BCUT2D eigenvalue weighted by molar-refractivity contribution is -0.130. The molecule has 20 heavy (non-hydrogen) atoms. The lowest BCUT2D eigenvalue weighted by Crippen LogP contribution is -2.26. The standard InChI is InChI=1S/C14H14O6/c1-7(15)12(17)13(18)11-9(19-2)5-3-8-4-6-10(16)20-14(8)11/h3-6,12-13,17-18H,1-2H3. The zero-order valence-electron chi connectivity index (χ0n) is 11.0. The minimum atomic E-state index is -1.62. The van der Waals surface area contributed by atoms with E-state index in [9.17, 15) is 19.8 Å². The molecule has 0 fully saturated rings. The summed E-state index contributed by atoms with van der Waals surface area (Å²) in [5.41, 5.74) is -0.438. The Labute approximate surface area is 114 Å². The number of hydrogen-bond acceptors (Lipinski definition) is 6. The van der Waals surface area contributed by atoms with E-state index < -0.39 is 23.6 Å². The summed E-state index contributed by atoms with van der Waals surface area (Å²) in [7, 11) is 1.37. The number of Topliss-reactive ketones (excluding diaryl/α,β-unsaturated/α-hetero) is 1. The molecule has 0 radical (unpaired) electrons. The van der Waals surface area contributed by atoms with Crippen molar-refractivity contribution in [1.29, 1.82) is 0 Å². The number of carbonyl (C=O) groups excluding carboxylic acids is 1. The van der Waals surface area contributed by atoms with Gasteiger partial charge in [0, 0.05) is 11.5 Å². The summed E-state index contributed by atoms with van der Waals surface area (Å²) >= 11 is 0. The molecule has 0 saturated heterocycles. The molecule has 2 atom stereocenters. The Kier molecular flexibility index (Phi) is 3.87. The molecule has 0 bridgehead atoms. The van der Waals surface area contributed by atoms with Crippen molar-refractivity contribution < 1.29 is 24.2 Å². The van der Waals surface area contributed by atoms with Crippen molar-refractivity contribution >= 4 is 16.8 Å². The molecule has 106 valence electrons. The second-order valence-electron chi connectivity index (χ2n) is 4.35. The van der Waals surface area contributed by atoms with Crippen LogP contribution in [-0.4, -0.2) is 29.2 Å². The van der Waals surface area contributed by atoms with Crippen LogP contribution in [-0.2, 0) is 4.79 Å². The minimum Gasteiger partial charge on any atom is -0.496 e. The Morgan fingerprint density at radius 1 is 1.25 bits per heavy atom. The van der Waals surface area contributed by atoms with E-state index in [1.165, 1.54) is 19.2 Å². The Morgan fingerprint density at radius 2 is 1.90 bits per heavy atom. The molecule has 2 unspecified atom stereocenters. The first kappa shape index (κ1) is 14.2. The zero-order valence-corrected chi connectivity index (χ0v) is 11.0. The third-order valence-corrected chi connectivity index (χ3v) is 3.02. The molecule has 1 aromatic carbocycles. The number of methoxy groups -OCH3 is 1. The molecule has 1 aromatic heterocycles. The number of hydrogen-bond donors (Lipinski definition) is 2. The average Bonchev–Trinajstić information content (AvgIpc) is 2.44. The Balaban J connectivity index is 2.73. The van der Waals surface area contributed by atoms with Gasteiger partial charge in [0.25, 0.3) is 0 Å². The van der Waals surface area contributed by atoms with E-state index in [0.29, 0.717) is 5.39 Å². The van der Waals surface area contributed by atoms with Gasteiger partial charge in [0.05, 0.1) is 12.7 Å². The fraction of sp³-hybridized carbons (Fsp3) is 0.286. The van der Waals surface area contributed by atoms with Crippen LogP contribution < -0.4 is 10.4 Å². The summed E-state index contributed by atoms with van der Waals surface area (Å²) in [5, 5.41) is 20.4. The number of carbonyl (C=O) groups is 1. The van der Waals surface area contributed by atoms with E-state index >= 15 is 0 Å². The predicted octanol–water partition coefficient (Wildman–Crippen LogP) is 0.785. The number of benzene rings is 1.